The van der Waals surface area contributed by atoms with Crippen LogP contribution in [0.4, 0.5) is 0 Å². The number of hydrogen-bond donors (Lipinski definition) is 2. The van der Waals surface area contributed by atoms with E-state index in [9.17, 15) is 5.11 Å². The molecule has 0 amide bonds. The maximum Gasteiger partial charge on any atom is 0.0587 e. The summed E-state index contributed by atoms with van der Waals surface area (Å²) in [6, 6.07) is 0.267. The zero-order chi connectivity index (χ0) is 12.4. The minimum atomic E-state index is 0.253. The quantitative estimate of drug-likeness (QED) is 0.603. The molecule has 0 spiro atoms. The van der Waals surface area contributed by atoms with Gasteiger partial charge in [0, 0.05) is 6.04 Å². The van der Waals surface area contributed by atoms with Gasteiger partial charge in [0.25, 0.3) is 0 Å². The van der Waals surface area contributed by atoms with Crippen LogP contribution in [0.3, 0.4) is 0 Å². The van der Waals surface area contributed by atoms with Crippen LogP contribution in [0.15, 0.2) is 0 Å². The van der Waals surface area contributed by atoms with Crippen molar-refractivity contribution in [2.45, 2.75) is 65.8 Å². The maximum atomic E-state index is 9.20. The Morgan fingerprint density at radius 2 is 1.81 bits per heavy atom. The molecule has 0 bridgehead atoms. The summed E-state index contributed by atoms with van der Waals surface area (Å²) < 4.78 is 0. The summed E-state index contributed by atoms with van der Waals surface area (Å²) in [5.74, 6) is 1.37. The molecule has 0 aliphatic rings. The summed E-state index contributed by atoms with van der Waals surface area (Å²) in [6.45, 7) is 10.2. The molecule has 0 fully saturated rings. The van der Waals surface area contributed by atoms with Crippen LogP contribution in [-0.2, 0) is 0 Å². The van der Waals surface area contributed by atoms with Crippen molar-refractivity contribution in [2.75, 3.05) is 13.2 Å². The third-order valence-electron chi connectivity index (χ3n) is 3.50. The number of hydrogen-bond acceptors (Lipinski definition) is 2. The standard InChI is InChI=1S/C14H31NO/c1-5-7-8-13(6-2)9-10-15-14(11-16)12(3)4/h12-16H,5-11H2,1-4H3/t13?,14-/m1/s1. The van der Waals surface area contributed by atoms with Gasteiger partial charge < -0.3 is 10.4 Å². The second-order valence-electron chi connectivity index (χ2n) is 5.19. The van der Waals surface area contributed by atoms with Gasteiger partial charge >= 0.3 is 0 Å². The molecule has 2 atom stereocenters. The number of nitrogens with one attached hydrogen (secondary N) is 1. The van der Waals surface area contributed by atoms with Crippen LogP contribution in [0, 0.1) is 11.8 Å². The second-order valence-corrected chi connectivity index (χ2v) is 5.19. The highest BCUT2D eigenvalue weighted by atomic mass is 16.3. The van der Waals surface area contributed by atoms with E-state index in [1.807, 2.05) is 0 Å². The van der Waals surface area contributed by atoms with Crippen molar-refractivity contribution in [3.05, 3.63) is 0 Å². The van der Waals surface area contributed by atoms with Crippen LogP contribution in [0.5, 0.6) is 0 Å². The molecular weight excluding hydrogens is 198 g/mol. The third kappa shape index (κ3) is 7.24. The van der Waals surface area contributed by atoms with Gasteiger partial charge in [0.15, 0.2) is 0 Å². The van der Waals surface area contributed by atoms with Crippen molar-refractivity contribution in [3.8, 4) is 0 Å². The first kappa shape index (κ1) is 15.9. The van der Waals surface area contributed by atoms with Gasteiger partial charge in [-0.2, -0.15) is 0 Å². The molecular formula is C14H31NO. The smallest absolute Gasteiger partial charge is 0.0587 e. The molecule has 2 nitrogen and oxygen atoms in total. The van der Waals surface area contributed by atoms with Gasteiger partial charge in [0.1, 0.15) is 0 Å². The monoisotopic (exact) mass is 229 g/mol. The van der Waals surface area contributed by atoms with Crippen LogP contribution in [0.2, 0.25) is 0 Å². The molecule has 0 heterocycles. The van der Waals surface area contributed by atoms with E-state index in [0.29, 0.717) is 5.92 Å². The van der Waals surface area contributed by atoms with Gasteiger partial charge in [-0.15, -0.1) is 0 Å². The van der Waals surface area contributed by atoms with E-state index in [4.69, 9.17) is 0 Å². The van der Waals surface area contributed by atoms with Crippen molar-refractivity contribution in [2.24, 2.45) is 11.8 Å². The van der Waals surface area contributed by atoms with Crippen LogP contribution in [-0.4, -0.2) is 24.3 Å². The number of aliphatic hydroxyl groups is 1. The lowest BCUT2D eigenvalue weighted by Gasteiger charge is -2.22. The summed E-state index contributed by atoms with van der Waals surface area (Å²) in [6.07, 6.45) is 6.55. The largest absolute Gasteiger partial charge is 0.395 e. The van der Waals surface area contributed by atoms with Gasteiger partial charge in [-0.05, 0) is 24.8 Å². The number of aliphatic hydroxyl groups excluding tert-OH is 1. The zero-order valence-corrected chi connectivity index (χ0v) is 11.6. The zero-order valence-electron chi connectivity index (χ0n) is 11.6. The highest BCUT2D eigenvalue weighted by Gasteiger charge is 2.12. The van der Waals surface area contributed by atoms with E-state index in [1.165, 1.54) is 32.1 Å². The van der Waals surface area contributed by atoms with E-state index in [2.05, 4.69) is 33.0 Å². The Balaban J connectivity index is 3.67. The van der Waals surface area contributed by atoms with E-state index in [0.717, 1.165) is 12.5 Å². The van der Waals surface area contributed by atoms with Gasteiger partial charge in [0.05, 0.1) is 6.61 Å². The van der Waals surface area contributed by atoms with Crippen molar-refractivity contribution in [3.63, 3.8) is 0 Å². The van der Waals surface area contributed by atoms with Gasteiger partial charge in [-0.1, -0.05) is 53.4 Å². The van der Waals surface area contributed by atoms with Gasteiger partial charge in [0.2, 0.25) is 0 Å². The molecule has 2 N–H and O–H groups in total. The predicted octanol–water partition coefficient (Wildman–Crippen LogP) is 3.20. The molecule has 98 valence electrons. The number of rotatable bonds is 10. The highest BCUT2D eigenvalue weighted by molar-refractivity contribution is 4.70. The topological polar surface area (TPSA) is 32.3 Å². The lowest BCUT2D eigenvalue weighted by molar-refractivity contribution is 0.208. The van der Waals surface area contributed by atoms with E-state index >= 15 is 0 Å². The summed E-state index contributed by atoms with van der Waals surface area (Å²) in [5.41, 5.74) is 0. The van der Waals surface area contributed by atoms with Crippen LogP contribution >= 0.6 is 0 Å². The molecule has 1 unspecified atom stereocenters. The van der Waals surface area contributed by atoms with E-state index in [1.54, 1.807) is 0 Å². The van der Waals surface area contributed by atoms with E-state index in [-0.39, 0.29) is 12.6 Å². The van der Waals surface area contributed by atoms with Crippen LogP contribution in [0.25, 0.3) is 0 Å². The van der Waals surface area contributed by atoms with Crippen molar-refractivity contribution in [1.29, 1.82) is 0 Å². The Kier molecular flexibility index (Phi) is 10.0. The molecule has 0 aromatic rings. The molecule has 0 aromatic carbocycles. The Bertz CT molecular complexity index is 148. The minimum Gasteiger partial charge on any atom is -0.395 e. The molecule has 0 radical (unpaired) electrons. The molecule has 0 rings (SSSR count). The first-order valence-electron chi connectivity index (χ1n) is 6.99. The van der Waals surface area contributed by atoms with Crippen molar-refractivity contribution >= 4 is 0 Å². The Morgan fingerprint density at radius 1 is 1.12 bits per heavy atom. The summed E-state index contributed by atoms with van der Waals surface area (Å²) in [5, 5.41) is 12.7. The summed E-state index contributed by atoms with van der Waals surface area (Å²) >= 11 is 0. The lowest BCUT2D eigenvalue weighted by atomic mass is 9.95. The minimum absolute atomic E-state index is 0.253. The maximum absolute atomic E-state index is 9.20. The van der Waals surface area contributed by atoms with Crippen molar-refractivity contribution in [1.82, 2.24) is 5.32 Å². The van der Waals surface area contributed by atoms with E-state index < -0.39 is 0 Å². The first-order valence-corrected chi connectivity index (χ1v) is 6.99. The number of unbranched alkanes of at least 4 members (excludes halogenated alkanes) is 1. The van der Waals surface area contributed by atoms with Crippen LogP contribution < -0.4 is 5.32 Å². The summed E-state index contributed by atoms with van der Waals surface area (Å²) in [7, 11) is 0. The first-order chi connectivity index (χ1) is 7.65. The Hall–Kier alpha value is -0.0800. The fraction of sp³-hybridized carbons (Fsp3) is 1.00. The fourth-order valence-corrected chi connectivity index (χ4v) is 2.03. The van der Waals surface area contributed by atoms with Gasteiger partial charge in [-0.25, -0.2) is 0 Å². The molecule has 16 heavy (non-hydrogen) atoms. The highest BCUT2D eigenvalue weighted by Crippen LogP contribution is 2.16. The SMILES string of the molecule is CCCCC(CC)CCN[C@H](CO)C(C)C. The average Bonchev–Trinajstić information content (AvgIpc) is 2.28. The fourth-order valence-electron chi connectivity index (χ4n) is 2.03. The van der Waals surface area contributed by atoms with Gasteiger partial charge in [-0.3, -0.25) is 0 Å². The molecule has 0 aliphatic heterocycles. The molecule has 0 aliphatic carbocycles. The molecule has 0 saturated carbocycles. The average molecular weight is 229 g/mol. The molecule has 0 aromatic heterocycles. The summed E-state index contributed by atoms with van der Waals surface area (Å²) in [4.78, 5) is 0. The Morgan fingerprint density at radius 3 is 2.25 bits per heavy atom. The predicted molar refractivity (Wildman–Crippen MR) is 71.6 cm³/mol. The molecule has 0 saturated heterocycles. The lowest BCUT2D eigenvalue weighted by Crippen LogP contribution is -2.38. The third-order valence-corrected chi connectivity index (χ3v) is 3.50. The van der Waals surface area contributed by atoms with Crippen molar-refractivity contribution < 1.29 is 5.11 Å². The molecule has 2 heteroatoms. The Labute approximate surface area is 102 Å². The van der Waals surface area contributed by atoms with Crippen LogP contribution in [0.1, 0.15) is 59.8 Å². The normalized spacial score (nSPS) is 15.4. The second kappa shape index (κ2) is 10.1.